The molecule has 3 rings (SSSR count). The SMILES string of the molecule is C[C@@H](O)C(=O)N1CCn2nc(-c3ccccc3)nc2[C@@H]1C. The van der Waals surface area contributed by atoms with Crippen LogP contribution >= 0.6 is 0 Å². The quantitative estimate of drug-likeness (QED) is 0.901. The molecule has 6 heteroatoms. The van der Waals surface area contributed by atoms with Crippen molar-refractivity contribution in [2.24, 2.45) is 0 Å². The molecular formula is C15H18N4O2. The predicted molar refractivity (Wildman–Crippen MR) is 77.3 cm³/mol. The standard InChI is InChI=1S/C15H18N4O2/c1-10-14-16-13(12-6-4-3-5-7-12)17-19(14)9-8-18(10)15(21)11(2)20/h3-7,10-11,20H,8-9H2,1-2H3/t10-,11+/m0/s1. The summed E-state index contributed by atoms with van der Waals surface area (Å²) in [4.78, 5) is 18.2. The number of amides is 1. The van der Waals surface area contributed by atoms with Crippen molar-refractivity contribution in [3.05, 3.63) is 36.2 Å². The first kappa shape index (κ1) is 13.8. The van der Waals surface area contributed by atoms with Gasteiger partial charge in [0, 0.05) is 12.1 Å². The van der Waals surface area contributed by atoms with E-state index in [4.69, 9.17) is 0 Å². The van der Waals surface area contributed by atoms with Crippen molar-refractivity contribution in [3.8, 4) is 11.4 Å². The van der Waals surface area contributed by atoms with E-state index in [1.54, 1.807) is 4.90 Å². The van der Waals surface area contributed by atoms with E-state index in [0.29, 0.717) is 18.9 Å². The van der Waals surface area contributed by atoms with Gasteiger partial charge in [0.25, 0.3) is 5.91 Å². The van der Waals surface area contributed by atoms with E-state index in [2.05, 4.69) is 10.1 Å². The lowest BCUT2D eigenvalue weighted by atomic mass is 10.2. The van der Waals surface area contributed by atoms with Crippen molar-refractivity contribution in [2.45, 2.75) is 32.5 Å². The van der Waals surface area contributed by atoms with Gasteiger partial charge in [-0.25, -0.2) is 9.67 Å². The number of aliphatic hydroxyl groups excluding tert-OH is 1. The van der Waals surface area contributed by atoms with Crippen molar-refractivity contribution in [2.75, 3.05) is 6.54 Å². The zero-order valence-corrected chi connectivity index (χ0v) is 12.1. The van der Waals surface area contributed by atoms with Gasteiger partial charge in [0.05, 0.1) is 12.6 Å². The Kier molecular flexibility index (Phi) is 3.47. The third-order valence-corrected chi connectivity index (χ3v) is 3.77. The Morgan fingerprint density at radius 1 is 1.33 bits per heavy atom. The molecular weight excluding hydrogens is 268 g/mol. The van der Waals surface area contributed by atoms with Crippen molar-refractivity contribution < 1.29 is 9.90 Å². The summed E-state index contributed by atoms with van der Waals surface area (Å²) in [5.41, 5.74) is 0.958. The summed E-state index contributed by atoms with van der Waals surface area (Å²) < 4.78 is 1.85. The van der Waals surface area contributed by atoms with Gasteiger partial charge in [-0.05, 0) is 13.8 Å². The van der Waals surface area contributed by atoms with Crippen LogP contribution in [0.4, 0.5) is 0 Å². The fourth-order valence-corrected chi connectivity index (χ4v) is 2.61. The topological polar surface area (TPSA) is 71.2 Å². The Hall–Kier alpha value is -2.21. The maximum atomic E-state index is 12.0. The van der Waals surface area contributed by atoms with Crippen molar-refractivity contribution >= 4 is 5.91 Å². The number of fused-ring (bicyclic) bond motifs is 1. The second kappa shape index (κ2) is 5.29. The molecule has 1 aromatic heterocycles. The molecule has 0 unspecified atom stereocenters. The highest BCUT2D eigenvalue weighted by Crippen LogP contribution is 2.26. The summed E-state index contributed by atoms with van der Waals surface area (Å²) in [7, 11) is 0. The number of carbonyl (C=O) groups is 1. The van der Waals surface area contributed by atoms with Gasteiger partial charge in [-0.2, -0.15) is 5.10 Å². The largest absolute Gasteiger partial charge is 0.384 e. The third-order valence-electron chi connectivity index (χ3n) is 3.77. The van der Waals surface area contributed by atoms with Crippen molar-refractivity contribution in [1.82, 2.24) is 19.7 Å². The molecule has 1 aromatic carbocycles. The third kappa shape index (κ3) is 2.42. The van der Waals surface area contributed by atoms with E-state index in [9.17, 15) is 9.90 Å². The predicted octanol–water partition coefficient (Wildman–Crippen LogP) is 1.23. The number of nitrogens with zero attached hydrogens (tertiary/aromatic N) is 4. The Labute approximate surface area is 123 Å². The first-order chi connectivity index (χ1) is 10.1. The highest BCUT2D eigenvalue weighted by molar-refractivity contribution is 5.80. The van der Waals surface area contributed by atoms with Gasteiger partial charge in [-0.15, -0.1) is 0 Å². The van der Waals surface area contributed by atoms with Gasteiger partial charge in [-0.1, -0.05) is 30.3 Å². The molecule has 0 radical (unpaired) electrons. The minimum absolute atomic E-state index is 0.189. The van der Waals surface area contributed by atoms with Crippen LogP contribution in [0.2, 0.25) is 0 Å². The van der Waals surface area contributed by atoms with E-state index >= 15 is 0 Å². The zero-order chi connectivity index (χ0) is 15.0. The Morgan fingerprint density at radius 2 is 2.05 bits per heavy atom. The molecule has 0 spiro atoms. The average molecular weight is 286 g/mol. The number of hydrogen-bond donors (Lipinski definition) is 1. The molecule has 1 N–H and O–H groups in total. The normalized spacial score (nSPS) is 19.2. The van der Waals surface area contributed by atoms with E-state index in [1.807, 2.05) is 41.9 Å². The van der Waals surface area contributed by atoms with Gasteiger partial charge >= 0.3 is 0 Å². The maximum Gasteiger partial charge on any atom is 0.251 e. The number of hydrogen-bond acceptors (Lipinski definition) is 4. The second-order valence-corrected chi connectivity index (χ2v) is 5.27. The second-order valence-electron chi connectivity index (χ2n) is 5.27. The number of rotatable bonds is 2. The molecule has 2 heterocycles. The minimum atomic E-state index is -0.990. The van der Waals surface area contributed by atoms with Gasteiger partial charge < -0.3 is 10.0 Å². The maximum absolute atomic E-state index is 12.0. The van der Waals surface area contributed by atoms with Gasteiger partial charge in [-0.3, -0.25) is 4.79 Å². The molecule has 0 fully saturated rings. The summed E-state index contributed by atoms with van der Waals surface area (Å²) >= 11 is 0. The molecule has 0 saturated heterocycles. The summed E-state index contributed by atoms with van der Waals surface area (Å²) in [6.07, 6.45) is -0.990. The van der Waals surface area contributed by atoms with Crippen LogP contribution in [-0.4, -0.2) is 43.3 Å². The summed E-state index contributed by atoms with van der Waals surface area (Å²) in [6, 6.07) is 9.58. The lowest BCUT2D eigenvalue weighted by Crippen LogP contribution is -2.45. The van der Waals surface area contributed by atoms with Crippen LogP contribution in [0.5, 0.6) is 0 Å². The molecule has 0 saturated carbocycles. The Bertz CT molecular complexity index is 651. The molecule has 110 valence electrons. The first-order valence-corrected chi connectivity index (χ1v) is 7.06. The summed E-state index contributed by atoms with van der Waals surface area (Å²) in [5.74, 6) is 1.16. The molecule has 1 aliphatic rings. The van der Waals surface area contributed by atoms with Gasteiger partial charge in [0.15, 0.2) is 5.82 Å². The van der Waals surface area contributed by atoms with Crippen LogP contribution in [0, 0.1) is 0 Å². The van der Waals surface area contributed by atoms with Crippen LogP contribution in [-0.2, 0) is 11.3 Å². The van der Waals surface area contributed by atoms with Crippen LogP contribution in [0.1, 0.15) is 25.7 Å². The molecule has 6 nitrogen and oxygen atoms in total. The van der Waals surface area contributed by atoms with Crippen molar-refractivity contribution in [3.63, 3.8) is 0 Å². The van der Waals surface area contributed by atoms with Crippen LogP contribution in [0.3, 0.4) is 0 Å². The van der Waals surface area contributed by atoms with E-state index < -0.39 is 6.10 Å². The molecule has 1 amide bonds. The zero-order valence-electron chi connectivity index (χ0n) is 12.1. The number of aliphatic hydroxyl groups is 1. The van der Waals surface area contributed by atoms with E-state index in [1.165, 1.54) is 6.92 Å². The average Bonchev–Trinajstić information content (AvgIpc) is 2.93. The molecule has 2 atom stereocenters. The minimum Gasteiger partial charge on any atom is -0.384 e. The lowest BCUT2D eigenvalue weighted by molar-refractivity contribution is -0.142. The molecule has 21 heavy (non-hydrogen) atoms. The molecule has 1 aliphatic heterocycles. The van der Waals surface area contributed by atoms with Gasteiger partial charge in [0.2, 0.25) is 0 Å². The van der Waals surface area contributed by atoms with Crippen LogP contribution in [0.15, 0.2) is 30.3 Å². The number of benzene rings is 1. The number of carbonyl (C=O) groups excluding carboxylic acids is 1. The highest BCUT2D eigenvalue weighted by Gasteiger charge is 2.32. The first-order valence-electron chi connectivity index (χ1n) is 7.06. The number of aromatic nitrogens is 3. The Balaban J connectivity index is 1.92. The smallest absolute Gasteiger partial charge is 0.251 e. The lowest BCUT2D eigenvalue weighted by Gasteiger charge is -2.33. The molecule has 0 bridgehead atoms. The van der Waals surface area contributed by atoms with E-state index in [-0.39, 0.29) is 11.9 Å². The highest BCUT2D eigenvalue weighted by atomic mass is 16.3. The van der Waals surface area contributed by atoms with Crippen LogP contribution in [0.25, 0.3) is 11.4 Å². The molecule has 2 aromatic rings. The summed E-state index contributed by atoms with van der Waals surface area (Å²) in [6.45, 7) is 4.53. The monoisotopic (exact) mass is 286 g/mol. The summed E-state index contributed by atoms with van der Waals surface area (Å²) in [5, 5.41) is 14.0. The molecule has 0 aliphatic carbocycles. The Morgan fingerprint density at radius 3 is 2.71 bits per heavy atom. The van der Waals surface area contributed by atoms with E-state index in [0.717, 1.165) is 11.4 Å². The van der Waals surface area contributed by atoms with Gasteiger partial charge in [0.1, 0.15) is 11.9 Å². The van der Waals surface area contributed by atoms with Crippen molar-refractivity contribution in [1.29, 1.82) is 0 Å². The fourth-order valence-electron chi connectivity index (χ4n) is 2.61. The fraction of sp³-hybridized carbons (Fsp3) is 0.400. The van der Waals surface area contributed by atoms with Crippen LogP contribution < -0.4 is 0 Å².